The zero-order valence-corrected chi connectivity index (χ0v) is 16.1. The fourth-order valence-corrected chi connectivity index (χ4v) is 4.56. The Hall–Kier alpha value is -2.22. The summed E-state index contributed by atoms with van der Waals surface area (Å²) in [5.41, 5.74) is 1.70. The first-order valence-corrected chi connectivity index (χ1v) is 10.4. The van der Waals surface area contributed by atoms with Crippen molar-refractivity contribution < 1.29 is 17.9 Å². The predicted molar refractivity (Wildman–Crippen MR) is 104 cm³/mol. The SMILES string of the molecule is CC(=O)Nc1ccc(S(=O)(=O)N2CCC(OCc3ccccc3)CC2)cc1. The van der Waals surface area contributed by atoms with Gasteiger partial charge in [0.1, 0.15) is 0 Å². The molecule has 144 valence electrons. The van der Waals surface area contributed by atoms with Crippen molar-refractivity contribution in [2.24, 2.45) is 0 Å². The van der Waals surface area contributed by atoms with Gasteiger partial charge in [-0.15, -0.1) is 0 Å². The average Bonchev–Trinajstić information content (AvgIpc) is 2.67. The number of amides is 1. The van der Waals surface area contributed by atoms with Crippen LogP contribution in [0, 0.1) is 0 Å². The van der Waals surface area contributed by atoms with Gasteiger partial charge in [-0.3, -0.25) is 4.79 Å². The number of hydrogen-bond donors (Lipinski definition) is 1. The number of sulfonamides is 1. The molecule has 2 aromatic carbocycles. The highest BCUT2D eigenvalue weighted by molar-refractivity contribution is 7.89. The molecule has 1 aliphatic heterocycles. The summed E-state index contributed by atoms with van der Waals surface area (Å²) in [6, 6.07) is 16.2. The monoisotopic (exact) mass is 388 g/mol. The maximum Gasteiger partial charge on any atom is 0.243 e. The number of hydrogen-bond acceptors (Lipinski definition) is 4. The summed E-state index contributed by atoms with van der Waals surface area (Å²) in [7, 11) is -3.53. The summed E-state index contributed by atoms with van der Waals surface area (Å²) in [5.74, 6) is -0.191. The highest BCUT2D eigenvalue weighted by atomic mass is 32.2. The summed E-state index contributed by atoms with van der Waals surface area (Å²) >= 11 is 0. The number of ether oxygens (including phenoxy) is 1. The predicted octanol–water partition coefficient (Wildman–Crippen LogP) is 3.01. The first-order chi connectivity index (χ1) is 12.9. The number of benzene rings is 2. The summed E-state index contributed by atoms with van der Waals surface area (Å²) in [5, 5.41) is 2.63. The standard InChI is InChI=1S/C20H24N2O4S/c1-16(23)21-18-7-9-20(10-8-18)27(24,25)22-13-11-19(12-14-22)26-15-17-5-3-2-4-6-17/h2-10,19H,11-15H2,1H3,(H,21,23). The first kappa shape index (κ1) is 19.5. The van der Waals surface area contributed by atoms with Gasteiger partial charge in [-0.05, 0) is 42.7 Å². The minimum Gasteiger partial charge on any atom is -0.373 e. The molecule has 0 aromatic heterocycles. The Morgan fingerprint density at radius 1 is 1.07 bits per heavy atom. The molecule has 0 atom stereocenters. The summed E-state index contributed by atoms with van der Waals surface area (Å²) < 4.78 is 33.0. The maximum atomic E-state index is 12.8. The lowest BCUT2D eigenvalue weighted by atomic mass is 10.1. The van der Waals surface area contributed by atoms with E-state index in [0.29, 0.717) is 38.2 Å². The van der Waals surface area contributed by atoms with Crippen LogP contribution in [0.4, 0.5) is 5.69 Å². The third-order valence-corrected chi connectivity index (χ3v) is 6.45. The number of rotatable bonds is 6. The number of nitrogens with zero attached hydrogens (tertiary/aromatic N) is 1. The van der Waals surface area contributed by atoms with Gasteiger partial charge >= 0.3 is 0 Å². The van der Waals surface area contributed by atoms with Gasteiger partial charge in [0.25, 0.3) is 0 Å². The van der Waals surface area contributed by atoms with Gasteiger partial charge in [0.2, 0.25) is 15.9 Å². The largest absolute Gasteiger partial charge is 0.373 e. The lowest BCUT2D eigenvalue weighted by Crippen LogP contribution is -2.40. The maximum absolute atomic E-state index is 12.8. The van der Waals surface area contributed by atoms with Gasteiger partial charge in [0.05, 0.1) is 17.6 Å². The van der Waals surface area contributed by atoms with Crippen molar-refractivity contribution in [3.63, 3.8) is 0 Å². The van der Waals surface area contributed by atoms with Crippen molar-refractivity contribution in [2.75, 3.05) is 18.4 Å². The van der Waals surface area contributed by atoms with E-state index < -0.39 is 10.0 Å². The molecule has 1 amide bonds. The number of carbonyl (C=O) groups is 1. The molecule has 6 nitrogen and oxygen atoms in total. The minimum atomic E-state index is -3.53. The van der Waals surface area contributed by atoms with Gasteiger partial charge in [0.15, 0.2) is 0 Å². The molecule has 27 heavy (non-hydrogen) atoms. The molecule has 1 fully saturated rings. The second-order valence-corrected chi connectivity index (χ2v) is 8.54. The number of nitrogens with one attached hydrogen (secondary N) is 1. The molecule has 1 heterocycles. The minimum absolute atomic E-state index is 0.0683. The molecule has 1 N–H and O–H groups in total. The normalized spacial score (nSPS) is 16.2. The molecule has 0 spiro atoms. The number of piperidine rings is 1. The van der Waals surface area contributed by atoms with E-state index in [4.69, 9.17) is 4.74 Å². The Morgan fingerprint density at radius 3 is 2.30 bits per heavy atom. The molecule has 3 rings (SSSR count). The van der Waals surface area contributed by atoms with Crippen LogP contribution in [-0.2, 0) is 26.2 Å². The molecule has 7 heteroatoms. The van der Waals surface area contributed by atoms with E-state index in [0.717, 1.165) is 5.56 Å². The molecule has 1 saturated heterocycles. The van der Waals surface area contributed by atoms with Crippen molar-refractivity contribution >= 4 is 21.6 Å². The van der Waals surface area contributed by atoms with E-state index in [1.807, 2.05) is 30.3 Å². The lowest BCUT2D eigenvalue weighted by Gasteiger charge is -2.31. The molecular weight excluding hydrogens is 364 g/mol. The molecule has 2 aromatic rings. The Balaban J connectivity index is 1.55. The molecule has 0 unspecified atom stereocenters. The third-order valence-electron chi connectivity index (χ3n) is 4.54. The first-order valence-electron chi connectivity index (χ1n) is 8.98. The van der Waals surface area contributed by atoms with Crippen LogP contribution in [0.2, 0.25) is 0 Å². The van der Waals surface area contributed by atoms with E-state index in [9.17, 15) is 13.2 Å². The van der Waals surface area contributed by atoms with Crippen molar-refractivity contribution in [1.29, 1.82) is 0 Å². The van der Waals surface area contributed by atoms with Crippen molar-refractivity contribution in [3.05, 3.63) is 60.2 Å². The molecule has 0 radical (unpaired) electrons. The number of anilines is 1. The summed E-state index contributed by atoms with van der Waals surface area (Å²) in [6.45, 7) is 2.84. The van der Waals surface area contributed by atoms with E-state index in [2.05, 4.69) is 5.32 Å². The van der Waals surface area contributed by atoms with Crippen molar-refractivity contribution in [1.82, 2.24) is 4.31 Å². The van der Waals surface area contributed by atoms with Crippen molar-refractivity contribution in [2.45, 2.75) is 37.4 Å². The van der Waals surface area contributed by atoms with E-state index >= 15 is 0 Å². The second kappa shape index (κ2) is 8.65. The van der Waals surface area contributed by atoms with Crippen LogP contribution in [0.5, 0.6) is 0 Å². The van der Waals surface area contributed by atoms with Crippen LogP contribution in [0.15, 0.2) is 59.5 Å². The Bertz CT molecular complexity index is 859. The number of carbonyl (C=O) groups excluding carboxylic acids is 1. The average molecular weight is 388 g/mol. The van der Waals surface area contributed by atoms with Crippen molar-refractivity contribution in [3.8, 4) is 0 Å². The Morgan fingerprint density at radius 2 is 1.70 bits per heavy atom. The highest BCUT2D eigenvalue weighted by Crippen LogP contribution is 2.23. The Kier molecular flexibility index (Phi) is 6.26. The molecule has 0 bridgehead atoms. The van der Waals surface area contributed by atoms with Gasteiger partial charge in [0, 0.05) is 25.7 Å². The van der Waals surface area contributed by atoms with Crippen LogP contribution < -0.4 is 5.32 Å². The van der Waals surface area contributed by atoms with Crippen LogP contribution >= 0.6 is 0 Å². The Labute approximate surface area is 160 Å². The van der Waals surface area contributed by atoms with E-state index in [-0.39, 0.29) is 16.9 Å². The van der Waals surface area contributed by atoms with E-state index in [1.165, 1.54) is 23.4 Å². The summed E-state index contributed by atoms with van der Waals surface area (Å²) in [6.07, 6.45) is 1.42. The fourth-order valence-electron chi connectivity index (χ4n) is 3.09. The quantitative estimate of drug-likeness (QED) is 0.825. The van der Waals surface area contributed by atoms with E-state index in [1.54, 1.807) is 12.1 Å². The lowest BCUT2D eigenvalue weighted by molar-refractivity contribution is -0.114. The molecule has 1 aliphatic rings. The van der Waals surface area contributed by atoms with Crippen LogP contribution in [0.3, 0.4) is 0 Å². The zero-order chi connectivity index (χ0) is 19.3. The van der Waals surface area contributed by atoms with Crippen LogP contribution in [-0.4, -0.2) is 37.8 Å². The van der Waals surface area contributed by atoms with Gasteiger partial charge in [-0.2, -0.15) is 4.31 Å². The third kappa shape index (κ3) is 5.15. The van der Waals surface area contributed by atoms with Gasteiger partial charge in [-0.1, -0.05) is 30.3 Å². The molecule has 0 aliphatic carbocycles. The van der Waals surface area contributed by atoms with Crippen LogP contribution in [0.25, 0.3) is 0 Å². The van der Waals surface area contributed by atoms with Gasteiger partial charge in [-0.25, -0.2) is 8.42 Å². The topological polar surface area (TPSA) is 75.7 Å². The second-order valence-electron chi connectivity index (χ2n) is 6.61. The zero-order valence-electron chi connectivity index (χ0n) is 15.3. The van der Waals surface area contributed by atoms with Gasteiger partial charge < -0.3 is 10.1 Å². The smallest absolute Gasteiger partial charge is 0.243 e. The summed E-state index contributed by atoms with van der Waals surface area (Å²) in [4.78, 5) is 11.3. The fraction of sp³-hybridized carbons (Fsp3) is 0.350. The highest BCUT2D eigenvalue weighted by Gasteiger charge is 2.29. The molecular formula is C20H24N2O4S. The molecule has 0 saturated carbocycles. The van der Waals surface area contributed by atoms with Crippen LogP contribution in [0.1, 0.15) is 25.3 Å².